The number of H-pyrrole nitrogens is 1. The van der Waals surface area contributed by atoms with E-state index in [2.05, 4.69) is 35.1 Å². The molecule has 1 aromatic heterocycles. The molecule has 2 N–H and O–H groups in total. The van der Waals surface area contributed by atoms with Crippen LogP contribution in [0.2, 0.25) is 5.02 Å². The molecule has 7 heteroatoms. The Bertz CT molecular complexity index is 1150. The van der Waals surface area contributed by atoms with Crippen molar-refractivity contribution < 1.29 is 4.79 Å². The summed E-state index contributed by atoms with van der Waals surface area (Å²) in [7, 11) is 0. The number of carbonyl (C=O) groups excluding carboxylic acids is 1. The summed E-state index contributed by atoms with van der Waals surface area (Å²) >= 11 is 5.97. The average Bonchev–Trinajstić information content (AvgIpc) is 2.80. The van der Waals surface area contributed by atoms with Crippen LogP contribution < -0.4 is 10.9 Å². The number of aromatic nitrogens is 1. The van der Waals surface area contributed by atoms with Crippen LogP contribution in [0.4, 0.5) is 10.5 Å². The number of carbonyl (C=O) groups is 1. The Labute approximate surface area is 200 Å². The van der Waals surface area contributed by atoms with Gasteiger partial charge in [0, 0.05) is 28.2 Å². The first-order chi connectivity index (χ1) is 15.8. The molecule has 0 aliphatic rings. The van der Waals surface area contributed by atoms with Crippen LogP contribution in [0, 0.1) is 13.8 Å². The number of aryl methyl sites for hydroxylation is 2. The van der Waals surface area contributed by atoms with Gasteiger partial charge >= 0.3 is 6.03 Å². The number of aromatic amines is 1. The Morgan fingerprint density at radius 2 is 1.67 bits per heavy atom. The molecule has 0 saturated heterocycles. The lowest BCUT2D eigenvalue weighted by Gasteiger charge is -2.25. The van der Waals surface area contributed by atoms with Gasteiger partial charge in [0.1, 0.15) is 0 Å². The largest absolute Gasteiger partial charge is 0.322 e. The standard InChI is InChI=1S/C26H33ClN4O2/c1-5-30(6-2)14-7-15-31(26(33)28-22-12-10-21(27)11-13-22)17-20-16-23-18(3)8-9-19(4)24(23)29-25(20)32/h8-13,16H,5-7,14-15,17H2,1-4H3,(H,28,33)(H,29,32). The van der Waals surface area contributed by atoms with E-state index in [4.69, 9.17) is 11.6 Å². The topological polar surface area (TPSA) is 68.4 Å². The molecule has 2 aromatic carbocycles. The molecule has 0 atom stereocenters. The lowest BCUT2D eigenvalue weighted by Crippen LogP contribution is -2.38. The van der Waals surface area contributed by atoms with E-state index in [-0.39, 0.29) is 18.1 Å². The number of pyridine rings is 1. The second kappa shape index (κ2) is 11.3. The molecule has 6 nitrogen and oxygen atoms in total. The minimum absolute atomic E-state index is 0.163. The highest BCUT2D eigenvalue weighted by Crippen LogP contribution is 2.21. The second-order valence-corrected chi connectivity index (χ2v) is 8.79. The molecule has 0 aliphatic heterocycles. The molecule has 0 saturated carbocycles. The molecule has 2 amide bonds. The fraction of sp³-hybridized carbons (Fsp3) is 0.385. The van der Waals surface area contributed by atoms with E-state index in [1.165, 1.54) is 0 Å². The highest BCUT2D eigenvalue weighted by molar-refractivity contribution is 6.30. The van der Waals surface area contributed by atoms with Crippen LogP contribution in [0.5, 0.6) is 0 Å². The van der Waals surface area contributed by atoms with Crippen LogP contribution in [0.15, 0.2) is 47.3 Å². The van der Waals surface area contributed by atoms with E-state index in [0.717, 1.165) is 48.1 Å². The van der Waals surface area contributed by atoms with Crippen LogP contribution in [0.1, 0.15) is 37.0 Å². The Hall–Kier alpha value is -2.83. The average molecular weight is 469 g/mol. The minimum atomic E-state index is -0.239. The van der Waals surface area contributed by atoms with Crippen LogP contribution in [0.3, 0.4) is 0 Å². The number of hydrogen-bond donors (Lipinski definition) is 2. The predicted molar refractivity (Wildman–Crippen MR) is 137 cm³/mol. The van der Waals surface area contributed by atoms with Crippen molar-refractivity contribution in [3.05, 3.63) is 74.5 Å². The third kappa shape index (κ3) is 6.36. The molecule has 3 aromatic rings. The fourth-order valence-electron chi connectivity index (χ4n) is 3.95. The normalized spacial score (nSPS) is 11.2. The van der Waals surface area contributed by atoms with E-state index < -0.39 is 0 Å². The number of nitrogens with one attached hydrogen (secondary N) is 2. The molecule has 0 fully saturated rings. The minimum Gasteiger partial charge on any atom is -0.321 e. The van der Waals surface area contributed by atoms with E-state index in [9.17, 15) is 9.59 Å². The van der Waals surface area contributed by atoms with Crippen molar-refractivity contribution in [2.24, 2.45) is 0 Å². The first-order valence-electron chi connectivity index (χ1n) is 11.5. The maximum Gasteiger partial charge on any atom is 0.322 e. The van der Waals surface area contributed by atoms with Crippen molar-refractivity contribution in [2.45, 2.75) is 40.7 Å². The molecule has 176 valence electrons. The van der Waals surface area contributed by atoms with Gasteiger partial charge in [-0.15, -0.1) is 0 Å². The Morgan fingerprint density at radius 1 is 1.00 bits per heavy atom. The number of rotatable bonds is 9. The second-order valence-electron chi connectivity index (χ2n) is 8.35. The van der Waals surface area contributed by atoms with Crippen LogP contribution in [-0.4, -0.2) is 47.0 Å². The number of nitrogens with zero attached hydrogens (tertiary/aromatic N) is 2. The zero-order valence-electron chi connectivity index (χ0n) is 19.9. The van der Waals surface area contributed by atoms with Crippen molar-refractivity contribution >= 4 is 34.2 Å². The van der Waals surface area contributed by atoms with E-state index in [0.29, 0.717) is 22.8 Å². The lowest BCUT2D eigenvalue weighted by molar-refractivity contribution is 0.202. The third-order valence-corrected chi connectivity index (χ3v) is 6.31. The van der Waals surface area contributed by atoms with Gasteiger partial charge in [0.15, 0.2) is 0 Å². The first-order valence-corrected chi connectivity index (χ1v) is 11.9. The first kappa shape index (κ1) is 24.8. The Morgan fingerprint density at radius 3 is 2.33 bits per heavy atom. The summed E-state index contributed by atoms with van der Waals surface area (Å²) < 4.78 is 0. The number of hydrogen-bond acceptors (Lipinski definition) is 3. The molecule has 0 unspecified atom stereocenters. The van der Waals surface area contributed by atoms with Gasteiger partial charge in [-0.2, -0.15) is 0 Å². The summed E-state index contributed by atoms with van der Waals surface area (Å²) in [6.07, 6.45) is 0.819. The van der Waals surface area contributed by atoms with E-state index >= 15 is 0 Å². The van der Waals surface area contributed by atoms with E-state index in [1.807, 2.05) is 26.0 Å². The predicted octanol–water partition coefficient (Wildman–Crippen LogP) is 5.56. The fourth-order valence-corrected chi connectivity index (χ4v) is 4.08. The third-order valence-electron chi connectivity index (χ3n) is 6.06. The van der Waals surface area contributed by atoms with Gasteiger partial charge in [0.2, 0.25) is 0 Å². The van der Waals surface area contributed by atoms with Gasteiger partial charge in [-0.1, -0.05) is 37.6 Å². The van der Waals surface area contributed by atoms with Gasteiger partial charge < -0.3 is 20.1 Å². The van der Waals surface area contributed by atoms with Crippen molar-refractivity contribution in [3.8, 4) is 0 Å². The lowest BCUT2D eigenvalue weighted by atomic mass is 10.0. The molecule has 3 rings (SSSR count). The number of urea groups is 1. The van der Waals surface area contributed by atoms with E-state index in [1.54, 1.807) is 29.2 Å². The number of halogens is 1. The number of fused-ring (bicyclic) bond motifs is 1. The maximum atomic E-state index is 13.2. The zero-order valence-corrected chi connectivity index (χ0v) is 20.6. The molecule has 0 spiro atoms. The van der Waals surface area contributed by atoms with Crippen LogP contribution in [0.25, 0.3) is 10.9 Å². The monoisotopic (exact) mass is 468 g/mol. The van der Waals surface area contributed by atoms with Crippen molar-refractivity contribution in [2.75, 3.05) is 31.5 Å². The smallest absolute Gasteiger partial charge is 0.321 e. The highest BCUT2D eigenvalue weighted by Gasteiger charge is 2.17. The van der Waals surface area contributed by atoms with Gasteiger partial charge in [-0.05, 0) is 81.4 Å². The van der Waals surface area contributed by atoms with Crippen molar-refractivity contribution in [3.63, 3.8) is 0 Å². The molecule has 1 heterocycles. The van der Waals surface area contributed by atoms with Gasteiger partial charge in [-0.25, -0.2) is 4.79 Å². The number of amides is 2. The van der Waals surface area contributed by atoms with Crippen LogP contribution in [-0.2, 0) is 6.54 Å². The maximum absolute atomic E-state index is 13.2. The summed E-state index contributed by atoms with van der Waals surface area (Å²) in [5.74, 6) is 0. The van der Waals surface area contributed by atoms with Crippen molar-refractivity contribution in [1.29, 1.82) is 0 Å². The molecular formula is C26H33ClN4O2. The number of benzene rings is 2. The SMILES string of the molecule is CCN(CC)CCCN(Cc1cc2c(C)ccc(C)c2[nH]c1=O)C(=O)Nc1ccc(Cl)cc1. The molecule has 33 heavy (non-hydrogen) atoms. The summed E-state index contributed by atoms with van der Waals surface area (Å²) in [6.45, 7) is 11.9. The summed E-state index contributed by atoms with van der Waals surface area (Å²) in [6, 6.07) is 12.7. The zero-order chi connectivity index (χ0) is 24.0. The quantitative estimate of drug-likeness (QED) is 0.431. The van der Waals surface area contributed by atoms with Gasteiger partial charge in [0.05, 0.1) is 12.1 Å². The van der Waals surface area contributed by atoms with Gasteiger partial charge in [-0.3, -0.25) is 4.79 Å². The van der Waals surface area contributed by atoms with Gasteiger partial charge in [0.25, 0.3) is 5.56 Å². The Balaban J connectivity index is 1.85. The highest BCUT2D eigenvalue weighted by atomic mass is 35.5. The summed E-state index contributed by atoms with van der Waals surface area (Å²) in [5, 5.41) is 4.55. The molecule has 0 bridgehead atoms. The molecular weight excluding hydrogens is 436 g/mol. The Kier molecular flexibility index (Phi) is 8.53. The summed E-state index contributed by atoms with van der Waals surface area (Å²) in [4.78, 5) is 33.1. The van der Waals surface area contributed by atoms with Crippen LogP contribution >= 0.6 is 11.6 Å². The molecule has 0 radical (unpaired) electrons. The summed E-state index contributed by atoms with van der Waals surface area (Å²) in [5.41, 5.74) is 4.04. The molecule has 0 aliphatic carbocycles. The number of anilines is 1. The van der Waals surface area contributed by atoms with Crippen molar-refractivity contribution in [1.82, 2.24) is 14.8 Å².